The Morgan fingerprint density at radius 2 is 1.79 bits per heavy atom. The molecule has 0 fully saturated rings. The van der Waals surface area contributed by atoms with Crippen LogP contribution in [-0.2, 0) is 14.4 Å². The molecule has 174 valence electrons. The maximum atomic E-state index is 13.6. The number of aryl methyl sites for hydroxylation is 1. The number of carbonyl (C=O) groups is 3. The van der Waals surface area contributed by atoms with E-state index in [2.05, 4.69) is 21.2 Å². The van der Waals surface area contributed by atoms with E-state index in [1.807, 2.05) is 6.92 Å². The number of hydrogen-bond acceptors (Lipinski definition) is 5. The monoisotopic (exact) mass is 482 g/mol. The Bertz CT molecular complexity index is 1250. The van der Waals surface area contributed by atoms with Crippen LogP contribution in [0.4, 0.5) is 15.8 Å². The third kappa shape index (κ3) is 7.14. The van der Waals surface area contributed by atoms with Crippen LogP contribution >= 0.6 is 11.6 Å². The maximum Gasteiger partial charge on any atom is 0.329 e. The number of anilines is 2. The number of halogens is 2. The first-order valence-corrected chi connectivity index (χ1v) is 10.4. The summed E-state index contributed by atoms with van der Waals surface area (Å²) >= 11 is 6.05. The van der Waals surface area contributed by atoms with Gasteiger partial charge in [-0.2, -0.15) is 5.10 Å². The first-order valence-electron chi connectivity index (χ1n) is 9.99. The SMILES string of the molecule is Cc1ccc(NC(=O)COc2cccc(/C=N\NC(=O)C(=O)Nc3ccccc3F)c2)cc1Cl. The van der Waals surface area contributed by atoms with Gasteiger partial charge in [-0.25, -0.2) is 9.82 Å². The van der Waals surface area contributed by atoms with Crippen LogP contribution in [0, 0.1) is 12.7 Å². The molecule has 0 saturated heterocycles. The van der Waals surface area contributed by atoms with Crippen molar-refractivity contribution in [1.82, 2.24) is 5.43 Å². The fourth-order valence-electron chi connectivity index (χ4n) is 2.66. The molecule has 0 unspecified atom stereocenters. The number of nitrogens with one attached hydrogen (secondary N) is 3. The van der Waals surface area contributed by atoms with Crippen molar-refractivity contribution in [3.8, 4) is 5.75 Å². The van der Waals surface area contributed by atoms with Crippen LogP contribution in [0.3, 0.4) is 0 Å². The largest absolute Gasteiger partial charge is 0.484 e. The summed E-state index contributed by atoms with van der Waals surface area (Å²) in [5.74, 6) is -2.78. The molecule has 0 aromatic heterocycles. The van der Waals surface area contributed by atoms with Gasteiger partial charge < -0.3 is 15.4 Å². The summed E-state index contributed by atoms with van der Waals surface area (Å²) in [7, 11) is 0. The van der Waals surface area contributed by atoms with Gasteiger partial charge in [0.15, 0.2) is 6.61 Å². The zero-order valence-electron chi connectivity index (χ0n) is 18.0. The number of carbonyl (C=O) groups excluding carboxylic acids is 3. The molecule has 3 amide bonds. The third-order valence-corrected chi connectivity index (χ3v) is 4.80. The molecule has 3 N–H and O–H groups in total. The molecule has 3 aromatic rings. The van der Waals surface area contributed by atoms with E-state index >= 15 is 0 Å². The Labute approximate surface area is 199 Å². The normalized spacial score (nSPS) is 10.6. The second-order valence-electron chi connectivity index (χ2n) is 7.01. The van der Waals surface area contributed by atoms with Crippen LogP contribution in [-0.4, -0.2) is 30.5 Å². The van der Waals surface area contributed by atoms with Crippen molar-refractivity contribution in [3.63, 3.8) is 0 Å². The van der Waals surface area contributed by atoms with Crippen LogP contribution in [0.25, 0.3) is 0 Å². The minimum absolute atomic E-state index is 0.119. The van der Waals surface area contributed by atoms with Crippen molar-refractivity contribution in [2.75, 3.05) is 17.2 Å². The van der Waals surface area contributed by atoms with Gasteiger partial charge in [0.05, 0.1) is 11.9 Å². The predicted molar refractivity (Wildman–Crippen MR) is 128 cm³/mol. The van der Waals surface area contributed by atoms with Crippen molar-refractivity contribution in [3.05, 3.63) is 88.7 Å². The van der Waals surface area contributed by atoms with Crippen LogP contribution in [0.5, 0.6) is 5.75 Å². The summed E-state index contributed by atoms with van der Waals surface area (Å²) < 4.78 is 19.0. The van der Waals surface area contributed by atoms with Gasteiger partial charge in [0.1, 0.15) is 11.6 Å². The number of hydrogen-bond donors (Lipinski definition) is 3. The number of nitrogens with zero attached hydrogens (tertiary/aromatic N) is 1. The molecule has 3 rings (SSSR count). The molecule has 8 nitrogen and oxygen atoms in total. The average molecular weight is 483 g/mol. The molecule has 34 heavy (non-hydrogen) atoms. The number of rotatable bonds is 7. The third-order valence-electron chi connectivity index (χ3n) is 4.39. The summed E-state index contributed by atoms with van der Waals surface area (Å²) in [6.45, 7) is 1.62. The van der Waals surface area contributed by atoms with E-state index in [4.69, 9.17) is 16.3 Å². The predicted octanol–water partition coefficient (Wildman–Crippen LogP) is 3.89. The van der Waals surface area contributed by atoms with Gasteiger partial charge >= 0.3 is 11.8 Å². The minimum Gasteiger partial charge on any atom is -0.484 e. The zero-order chi connectivity index (χ0) is 24.5. The molecule has 0 aliphatic rings. The Morgan fingerprint density at radius 3 is 2.56 bits per heavy atom. The highest BCUT2D eigenvalue weighted by atomic mass is 35.5. The van der Waals surface area contributed by atoms with Crippen LogP contribution in [0.2, 0.25) is 5.02 Å². The summed E-state index contributed by atoms with van der Waals surface area (Å²) in [5.41, 5.74) is 3.93. The second-order valence-corrected chi connectivity index (χ2v) is 7.41. The number of amides is 3. The van der Waals surface area contributed by atoms with E-state index in [0.29, 0.717) is 22.0 Å². The molecule has 3 aromatic carbocycles. The summed E-state index contributed by atoms with van der Waals surface area (Å²) in [4.78, 5) is 35.8. The fraction of sp³-hybridized carbons (Fsp3) is 0.0833. The van der Waals surface area contributed by atoms with Gasteiger partial charge in [-0.05, 0) is 54.4 Å². The Hall–Kier alpha value is -4.24. The summed E-state index contributed by atoms with van der Waals surface area (Å²) in [5, 5.41) is 9.09. The summed E-state index contributed by atoms with van der Waals surface area (Å²) in [6, 6.07) is 17.2. The van der Waals surface area contributed by atoms with E-state index < -0.39 is 17.6 Å². The van der Waals surface area contributed by atoms with Crippen molar-refractivity contribution in [2.45, 2.75) is 6.92 Å². The molecule has 0 radical (unpaired) electrons. The quantitative estimate of drug-likeness (QED) is 0.269. The lowest BCUT2D eigenvalue weighted by Crippen LogP contribution is -2.32. The van der Waals surface area contributed by atoms with Crippen molar-refractivity contribution in [2.24, 2.45) is 5.10 Å². The lowest BCUT2D eigenvalue weighted by Gasteiger charge is -2.09. The molecule has 0 heterocycles. The highest BCUT2D eigenvalue weighted by Gasteiger charge is 2.14. The van der Waals surface area contributed by atoms with Gasteiger partial charge in [-0.15, -0.1) is 0 Å². The first-order chi connectivity index (χ1) is 16.3. The Morgan fingerprint density at radius 1 is 1.00 bits per heavy atom. The van der Waals surface area contributed by atoms with Gasteiger partial charge in [0.25, 0.3) is 5.91 Å². The number of ether oxygens (including phenoxy) is 1. The molecule has 0 saturated carbocycles. The molecule has 0 atom stereocenters. The molecule has 10 heteroatoms. The highest BCUT2D eigenvalue weighted by molar-refractivity contribution is 6.39. The number of benzene rings is 3. The summed E-state index contributed by atoms with van der Waals surface area (Å²) in [6.07, 6.45) is 1.29. The first kappa shape index (κ1) is 24.4. The van der Waals surface area contributed by atoms with Gasteiger partial charge in [-0.1, -0.05) is 41.9 Å². The van der Waals surface area contributed by atoms with E-state index in [-0.39, 0.29) is 18.2 Å². The topological polar surface area (TPSA) is 109 Å². The van der Waals surface area contributed by atoms with Crippen molar-refractivity contribution >= 4 is 46.9 Å². The van der Waals surface area contributed by atoms with Crippen LogP contribution in [0.1, 0.15) is 11.1 Å². The maximum absolute atomic E-state index is 13.6. The number of para-hydroxylation sites is 1. The van der Waals surface area contributed by atoms with Gasteiger partial charge in [0, 0.05) is 10.7 Å². The van der Waals surface area contributed by atoms with Crippen molar-refractivity contribution < 1.29 is 23.5 Å². The highest BCUT2D eigenvalue weighted by Crippen LogP contribution is 2.20. The number of hydrazone groups is 1. The van der Waals surface area contributed by atoms with Gasteiger partial charge in [-0.3, -0.25) is 14.4 Å². The van der Waals surface area contributed by atoms with E-state index in [1.165, 1.54) is 24.4 Å². The van der Waals surface area contributed by atoms with Gasteiger partial charge in [0.2, 0.25) is 0 Å². The minimum atomic E-state index is -1.07. The molecule has 0 aliphatic heterocycles. The zero-order valence-corrected chi connectivity index (χ0v) is 18.7. The lowest BCUT2D eigenvalue weighted by atomic mass is 10.2. The standard InChI is InChI=1S/C24H20ClFN4O4/c1-15-9-10-17(12-19(15)25)28-22(31)14-34-18-6-4-5-16(11-18)13-27-30-24(33)23(32)29-21-8-3-2-7-20(21)26/h2-13H,14H2,1H3,(H,28,31)(H,29,32)(H,30,33)/b27-13-. The van der Waals surface area contributed by atoms with Crippen molar-refractivity contribution in [1.29, 1.82) is 0 Å². The van der Waals surface area contributed by atoms with E-state index in [1.54, 1.807) is 42.5 Å². The smallest absolute Gasteiger partial charge is 0.329 e. The van der Waals surface area contributed by atoms with E-state index in [9.17, 15) is 18.8 Å². The molecular formula is C24H20ClFN4O4. The average Bonchev–Trinajstić information content (AvgIpc) is 2.82. The lowest BCUT2D eigenvalue weighted by molar-refractivity contribution is -0.136. The molecule has 0 spiro atoms. The molecule has 0 bridgehead atoms. The molecular weight excluding hydrogens is 463 g/mol. The fourth-order valence-corrected chi connectivity index (χ4v) is 2.84. The second kappa shape index (κ2) is 11.6. The Kier molecular flexibility index (Phi) is 8.31. The Balaban J connectivity index is 1.49. The van der Waals surface area contributed by atoms with Crippen LogP contribution in [0.15, 0.2) is 71.8 Å². The molecule has 0 aliphatic carbocycles. The van der Waals surface area contributed by atoms with Crippen LogP contribution < -0.4 is 20.8 Å². The van der Waals surface area contributed by atoms with E-state index in [0.717, 1.165) is 11.6 Å².